The topological polar surface area (TPSA) is 104 Å². The molecule has 9 nitrogen and oxygen atoms in total. The molecule has 13 heteroatoms. The van der Waals surface area contributed by atoms with Gasteiger partial charge >= 0.3 is 6.03 Å². The molecule has 0 radical (unpaired) electrons. The maximum atomic E-state index is 13.4. The monoisotopic (exact) mass is 558 g/mol. The third kappa shape index (κ3) is 4.60. The number of benzene rings is 1. The second kappa shape index (κ2) is 9.78. The summed E-state index contributed by atoms with van der Waals surface area (Å²) < 4.78 is 11.2. The number of H-pyrrole nitrogens is 1. The van der Waals surface area contributed by atoms with Crippen LogP contribution in [0, 0.1) is 0 Å². The van der Waals surface area contributed by atoms with Crippen LogP contribution in [0.4, 0.5) is 10.6 Å². The molecule has 0 saturated carbocycles. The third-order valence-electron chi connectivity index (χ3n) is 6.10. The molecule has 1 fully saturated rings. The van der Waals surface area contributed by atoms with E-state index in [-0.39, 0.29) is 11.3 Å². The Morgan fingerprint density at radius 3 is 2.66 bits per heavy atom. The molecule has 0 bridgehead atoms. The summed E-state index contributed by atoms with van der Waals surface area (Å²) in [6.45, 7) is 3.46. The quantitative estimate of drug-likeness (QED) is 0.260. The highest BCUT2D eigenvalue weighted by Crippen LogP contribution is 2.49. The van der Waals surface area contributed by atoms with Crippen molar-refractivity contribution in [2.45, 2.75) is 44.8 Å². The summed E-state index contributed by atoms with van der Waals surface area (Å²) >= 11 is 24.5. The number of nitrogens with zero attached hydrogens (tertiary/aromatic N) is 5. The van der Waals surface area contributed by atoms with Gasteiger partial charge in [0.2, 0.25) is 16.9 Å². The normalized spacial score (nSPS) is 19.1. The van der Waals surface area contributed by atoms with Gasteiger partial charge in [0.15, 0.2) is 11.6 Å². The smallest absolute Gasteiger partial charge is 0.328 e. The first-order valence-electron chi connectivity index (χ1n) is 11.3. The maximum Gasteiger partial charge on any atom is 0.328 e. The molecule has 1 saturated heterocycles. The molecule has 0 aliphatic carbocycles. The number of ether oxygens (including phenoxy) is 1. The van der Waals surface area contributed by atoms with E-state index in [1.54, 1.807) is 21.9 Å². The Bertz CT molecular complexity index is 1260. The van der Waals surface area contributed by atoms with Gasteiger partial charge < -0.3 is 14.2 Å². The fraction of sp³-hybridized carbons (Fsp3) is 0.455. The first-order valence-corrected chi connectivity index (χ1v) is 12.8. The number of imidazole rings is 1. The first-order chi connectivity index (χ1) is 16.8. The Morgan fingerprint density at radius 2 is 1.91 bits per heavy atom. The Labute approximate surface area is 221 Å². The highest BCUT2D eigenvalue weighted by Gasteiger charge is 2.61. The molecule has 2 aliphatic heterocycles. The second-order valence-electron chi connectivity index (χ2n) is 8.46. The van der Waals surface area contributed by atoms with Gasteiger partial charge in [-0.1, -0.05) is 59.4 Å². The van der Waals surface area contributed by atoms with Crippen molar-refractivity contribution in [3.8, 4) is 0 Å². The molecule has 1 aromatic carbocycles. The average Bonchev–Trinajstić information content (AvgIpc) is 3.33. The van der Waals surface area contributed by atoms with Crippen LogP contribution >= 0.6 is 46.4 Å². The van der Waals surface area contributed by atoms with E-state index in [9.17, 15) is 4.79 Å². The van der Waals surface area contributed by atoms with Crippen LogP contribution in [0.3, 0.4) is 0 Å². The third-order valence-corrected chi connectivity index (χ3v) is 7.61. The molecule has 1 N–H and O–H groups in total. The predicted molar refractivity (Wildman–Crippen MR) is 132 cm³/mol. The number of nitrogens with one attached hydrogen (secondary N) is 1. The minimum Gasteiger partial charge on any atom is -0.342 e. The van der Waals surface area contributed by atoms with Crippen LogP contribution in [-0.2, 0) is 23.3 Å². The number of unbranched alkanes of at least 4 members (excludes halogenated alkanes) is 1. The number of aryl methyl sites for hydroxylation is 1. The van der Waals surface area contributed by atoms with Crippen molar-refractivity contribution in [3.63, 3.8) is 0 Å². The van der Waals surface area contributed by atoms with E-state index in [1.807, 2.05) is 0 Å². The number of hydrogen-bond donors (Lipinski definition) is 1. The van der Waals surface area contributed by atoms with Crippen molar-refractivity contribution >= 4 is 58.3 Å². The molecule has 1 spiro atoms. The Balaban J connectivity index is 1.25. The fourth-order valence-corrected chi connectivity index (χ4v) is 5.01. The fourth-order valence-electron chi connectivity index (χ4n) is 4.22. The highest BCUT2D eigenvalue weighted by atomic mass is 35.5. The zero-order valence-corrected chi connectivity index (χ0v) is 21.8. The van der Waals surface area contributed by atoms with Crippen LogP contribution < -0.4 is 4.90 Å². The number of anilines is 1. The molecule has 2 aromatic heterocycles. The minimum atomic E-state index is -0.847. The molecule has 1 atom stereocenters. The number of urea groups is 1. The van der Waals surface area contributed by atoms with Gasteiger partial charge in [0.05, 0.1) is 15.1 Å². The van der Waals surface area contributed by atoms with Gasteiger partial charge in [-0.2, -0.15) is 9.97 Å². The zero-order chi connectivity index (χ0) is 24.7. The zero-order valence-electron chi connectivity index (χ0n) is 18.8. The van der Waals surface area contributed by atoms with Crippen LogP contribution in [0.1, 0.15) is 49.2 Å². The van der Waals surface area contributed by atoms with Crippen molar-refractivity contribution in [2.75, 3.05) is 24.6 Å². The number of rotatable bonds is 9. The molecule has 186 valence electrons. The van der Waals surface area contributed by atoms with Crippen LogP contribution in [0.15, 0.2) is 16.7 Å². The van der Waals surface area contributed by atoms with Gasteiger partial charge in [-0.15, -0.1) is 0 Å². The minimum absolute atomic E-state index is 0.146. The molecule has 2 amide bonds. The molecule has 35 heavy (non-hydrogen) atoms. The Morgan fingerprint density at radius 1 is 1.11 bits per heavy atom. The van der Waals surface area contributed by atoms with E-state index in [0.717, 1.165) is 24.1 Å². The van der Waals surface area contributed by atoms with Crippen molar-refractivity contribution in [3.05, 3.63) is 55.5 Å². The van der Waals surface area contributed by atoms with Crippen LogP contribution in [-0.4, -0.2) is 50.7 Å². The first kappa shape index (κ1) is 24.6. The van der Waals surface area contributed by atoms with Gasteiger partial charge in [0.25, 0.3) is 0 Å². The van der Waals surface area contributed by atoms with E-state index in [1.165, 1.54) is 0 Å². The number of halogens is 4. The number of aromatic nitrogens is 4. The molecule has 3 aromatic rings. The van der Waals surface area contributed by atoms with Crippen molar-refractivity contribution in [1.29, 1.82) is 0 Å². The number of carbonyl (C=O) groups excluding carboxylic acids is 1. The molecular formula is C22H22Cl4N6O3. The van der Waals surface area contributed by atoms with Crippen molar-refractivity contribution in [1.82, 2.24) is 25.0 Å². The lowest BCUT2D eigenvalue weighted by molar-refractivity contribution is 0.0932. The summed E-state index contributed by atoms with van der Waals surface area (Å²) in [5.41, 5.74) is 0.623. The summed E-state index contributed by atoms with van der Waals surface area (Å²) in [5.74, 6) is 1.50. The second-order valence-corrected chi connectivity index (χ2v) is 9.98. The maximum absolute atomic E-state index is 13.4. The summed E-state index contributed by atoms with van der Waals surface area (Å²) in [6, 6.07) is 3.32. The Hall–Kier alpha value is -2.04. The number of hydrogen-bond acceptors (Lipinski definition) is 6. The summed E-state index contributed by atoms with van der Waals surface area (Å²) in [5, 5.41) is 5.33. The molecule has 2 aliphatic rings. The van der Waals surface area contributed by atoms with Crippen molar-refractivity contribution in [2.24, 2.45) is 0 Å². The highest BCUT2D eigenvalue weighted by molar-refractivity contribution is 6.48. The van der Waals surface area contributed by atoms with Crippen LogP contribution in [0.2, 0.25) is 20.4 Å². The lowest BCUT2D eigenvalue weighted by atomic mass is 10.1. The lowest BCUT2D eigenvalue weighted by Crippen LogP contribution is -2.54. The summed E-state index contributed by atoms with van der Waals surface area (Å²) in [4.78, 5) is 28.6. The van der Waals surface area contributed by atoms with E-state index in [0.29, 0.717) is 71.6 Å². The van der Waals surface area contributed by atoms with E-state index < -0.39 is 5.72 Å². The summed E-state index contributed by atoms with van der Waals surface area (Å²) in [6.07, 6.45) is 3.26. The SMILES string of the molecule is CCCCN1C(=O)N(CCCc2nc(Cc3ccc(Cl)c(Cl)c3Cl)no2)C2(CO2)c2[nH]c(Cl)nc21. The van der Waals surface area contributed by atoms with Crippen molar-refractivity contribution < 1.29 is 14.1 Å². The van der Waals surface area contributed by atoms with Crippen LogP contribution in [0.25, 0.3) is 0 Å². The van der Waals surface area contributed by atoms with E-state index >= 15 is 0 Å². The van der Waals surface area contributed by atoms with E-state index in [4.69, 9.17) is 55.7 Å². The lowest BCUT2D eigenvalue weighted by Gasteiger charge is -2.38. The molecule has 5 rings (SSSR count). The Kier molecular flexibility index (Phi) is 6.89. The predicted octanol–water partition coefficient (Wildman–Crippen LogP) is 5.86. The van der Waals surface area contributed by atoms with Gasteiger partial charge in [0, 0.05) is 25.9 Å². The van der Waals surface area contributed by atoms with Gasteiger partial charge in [-0.05, 0) is 36.1 Å². The number of fused-ring (bicyclic) bond motifs is 2. The number of aromatic amines is 1. The molecule has 1 unspecified atom stereocenters. The average molecular weight is 560 g/mol. The largest absolute Gasteiger partial charge is 0.342 e. The number of carbonyl (C=O) groups is 1. The summed E-state index contributed by atoms with van der Waals surface area (Å²) in [7, 11) is 0. The molecule has 4 heterocycles. The number of epoxide rings is 1. The van der Waals surface area contributed by atoms with Crippen LogP contribution in [0.5, 0.6) is 0 Å². The molecular weight excluding hydrogens is 538 g/mol. The van der Waals surface area contributed by atoms with Gasteiger partial charge in [-0.3, -0.25) is 9.80 Å². The van der Waals surface area contributed by atoms with E-state index in [2.05, 4.69) is 27.0 Å². The number of amides is 2. The van der Waals surface area contributed by atoms with Gasteiger partial charge in [0.1, 0.15) is 12.3 Å². The standard InChI is InChI=1S/C22H22Cl4N6O3/c1-2-3-8-31-19-18(28-20(26)29-19)22(11-34-22)32(21(31)33)9-4-5-15-27-14(30-35-15)10-12-6-7-13(23)17(25)16(12)24/h6-7H,2-5,8-11H2,1H3,(H,28,29). The van der Waals surface area contributed by atoms with Gasteiger partial charge in [-0.25, -0.2) is 4.79 Å².